The van der Waals surface area contributed by atoms with Gasteiger partial charge in [-0.25, -0.2) is 4.39 Å². The van der Waals surface area contributed by atoms with Gasteiger partial charge in [-0.2, -0.15) is 0 Å². The summed E-state index contributed by atoms with van der Waals surface area (Å²) >= 11 is 0. The van der Waals surface area contributed by atoms with E-state index in [9.17, 15) is 4.39 Å². The number of hydrogen-bond acceptors (Lipinski definition) is 1. The molecule has 0 radical (unpaired) electrons. The molecule has 0 amide bonds. The lowest BCUT2D eigenvalue weighted by atomic mass is 10.1. The van der Waals surface area contributed by atoms with Gasteiger partial charge in [-0.05, 0) is 6.08 Å². The highest BCUT2D eigenvalue weighted by Gasteiger charge is 2.04. The monoisotopic (exact) mass is 130 g/mol. The lowest BCUT2D eigenvalue weighted by Crippen LogP contribution is -1.93. The quantitative estimate of drug-likeness (QED) is 0.450. The maximum absolute atomic E-state index is 12.3. The van der Waals surface area contributed by atoms with Crippen LogP contribution in [0.4, 0.5) is 4.39 Å². The van der Waals surface area contributed by atoms with Gasteiger partial charge in [0, 0.05) is 5.92 Å². The SMILES string of the molecule is C=C/C(F)=C(/O)C(C)C. The van der Waals surface area contributed by atoms with Gasteiger partial charge in [-0.15, -0.1) is 0 Å². The van der Waals surface area contributed by atoms with Gasteiger partial charge in [-0.1, -0.05) is 20.4 Å². The molecule has 52 valence electrons. The van der Waals surface area contributed by atoms with Crippen LogP contribution in [-0.4, -0.2) is 5.11 Å². The maximum Gasteiger partial charge on any atom is 0.160 e. The molecular formula is C7H11FO. The maximum atomic E-state index is 12.3. The predicted molar refractivity (Wildman–Crippen MR) is 35.8 cm³/mol. The van der Waals surface area contributed by atoms with Crippen LogP contribution in [0.25, 0.3) is 0 Å². The number of rotatable bonds is 2. The van der Waals surface area contributed by atoms with E-state index in [0.29, 0.717) is 0 Å². The van der Waals surface area contributed by atoms with Crippen LogP contribution in [0.3, 0.4) is 0 Å². The van der Waals surface area contributed by atoms with Crippen molar-refractivity contribution in [2.75, 3.05) is 0 Å². The van der Waals surface area contributed by atoms with Crippen LogP contribution in [0, 0.1) is 5.92 Å². The normalized spacial score (nSPS) is 13.3. The fraction of sp³-hybridized carbons (Fsp3) is 0.429. The highest BCUT2D eigenvalue weighted by Crippen LogP contribution is 2.12. The molecule has 0 atom stereocenters. The van der Waals surface area contributed by atoms with Crippen LogP contribution >= 0.6 is 0 Å². The second kappa shape index (κ2) is 3.28. The van der Waals surface area contributed by atoms with Gasteiger partial charge in [0.05, 0.1) is 0 Å². The van der Waals surface area contributed by atoms with E-state index in [4.69, 9.17) is 5.11 Å². The van der Waals surface area contributed by atoms with Crippen molar-refractivity contribution in [1.82, 2.24) is 0 Å². The first-order valence-electron chi connectivity index (χ1n) is 2.80. The van der Waals surface area contributed by atoms with Crippen LogP contribution in [0.2, 0.25) is 0 Å². The van der Waals surface area contributed by atoms with Gasteiger partial charge in [0.15, 0.2) is 5.83 Å². The predicted octanol–water partition coefficient (Wildman–Crippen LogP) is 2.57. The molecule has 1 nitrogen and oxygen atoms in total. The second-order valence-electron chi connectivity index (χ2n) is 2.09. The van der Waals surface area contributed by atoms with Crippen molar-refractivity contribution in [3.8, 4) is 0 Å². The van der Waals surface area contributed by atoms with Gasteiger partial charge in [-0.3, -0.25) is 0 Å². The number of halogens is 1. The average Bonchev–Trinajstić information content (AvgIpc) is 1.84. The lowest BCUT2D eigenvalue weighted by Gasteiger charge is -2.01. The molecule has 0 aliphatic carbocycles. The zero-order chi connectivity index (χ0) is 7.44. The molecule has 0 fully saturated rings. The van der Waals surface area contributed by atoms with E-state index in [1.807, 2.05) is 0 Å². The van der Waals surface area contributed by atoms with E-state index < -0.39 is 5.83 Å². The molecule has 0 heterocycles. The van der Waals surface area contributed by atoms with Crippen LogP contribution in [0.15, 0.2) is 24.2 Å². The first-order valence-corrected chi connectivity index (χ1v) is 2.80. The molecule has 0 aromatic heterocycles. The molecule has 2 heteroatoms. The summed E-state index contributed by atoms with van der Waals surface area (Å²) in [6.07, 6.45) is 0.995. The largest absolute Gasteiger partial charge is 0.509 e. The Morgan fingerprint density at radius 3 is 2.22 bits per heavy atom. The summed E-state index contributed by atoms with van der Waals surface area (Å²) in [5, 5.41) is 8.83. The molecule has 0 aromatic rings. The molecule has 0 unspecified atom stereocenters. The van der Waals surface area contributed by atoms with E-state index in [1.54, 1.807) is 13.8 Å². The molecule has 0 spiro atoms. The Labute approximate surface area is 54.5 Å². The molecule has 0 bridgehead atoms. The van der Waals surface area contributed by atoms with Crippen molar-refractivity contribution in [2.24, 2.45) is 5.92 Å². The van der Waals surface area contributed by atoms with E-state index in [0.717, 1.165) is 6.08 Å². The van der Waals surface area contributed by atoms with Crippen molar-refractivity contribution >= 4 is 0 Å². The third kappa shape index (κ3) is 2.31. The molecule has 0 saturated carbocycles. The van der Waals surface area contributed by atoms with Gasteiger partial charge in [0.1, 0.15) is 5.76 Å². The highest BCUT2D eigenvalue weighted by atomic mass is 19.1. The Morgan fingerprint density at radius 1 is 1.67 bits per heavy atom. The Morgan fingerprint density at radius 2 is 2.11 bits per heavy atom. The van der Waals surface area contributed by atoms with E-state index >= 15 is 0 Å². The molecule has 0 saturated heterocycles. The smallest absolute Gasteiger partial charge is 0.160 e. The topological polar surface area (TPSA) is 20.2 Å². The van der Waals surface area contributed by atoms with Crippen molar-refractivity contribution < 1.29 is 9.50 Å². The molecule has 0 rings (SSSR count). The molecule has 1 N–H and O–H groups in total. The average molecular weight is 130 g/mol. The summed E-state index contributed by atoms with van der Waals surface area (Å²) in [5.41, 5.74) is 0. The minimum atomic E-state index is -0.634. The van der Waals surface area contributed by atoms with E-state index in [1.165, 1.54) is 0 Å². The standard InChI is InChI=1S/C7H11FO/c1-4-6(8)7(9)5(2)3/h4-5,9H,1H2,2-3H3/b7-6-. The first kappa shape index (κ1) is 8.21. The van der Waals surface area contributed by atoms with Crippen LogP contribution < -0.4 is 0 Å². The summed E-state index contributed by atoms with van der Waals surface area (Å²) in [4.78, 5) is 0. The summed E-state index contributed by atoms with van der Waals surface area (Å²) in [6, 6.07) is 0. The number of aliphatic hydroxyl groups excluding tert-OH is 1. The van der Waals surface area contributed by atoms with Gasteiger partial charge >= 0.3 is 0 Å². The Balaban J connectivity index is 4.27. The highest BCUT2D eigenvalue weighted by molar-refractivity contribution is 5.12. The van der Waals surface area contributed by atoms with Crippen molar-refractivity contribution in [1.29, 1.82) is 0 Å². The van der Waals surface area contributed by atoms with E-state index in [-0.39, 0.29) is 11.7 Å². The molecule has 0 aliphatic heterocycles. The van der Waals surface area contributed by atoms with Crippen LogP contribution in [-0.2, 0) is 0 Å². The zero-order valence-electron chi connectivity index (χ0n) is 5.69. The fourth-order valence-corrected chi connectivity index (χ4v) is 0.380. The first-order chi connectivity index (χ1) is 4.09. The third-order valence-corrected chi connectivity index (χ3v) is 0.971. The Kier molecular flexibility index (Phi) is 2.99. The summed E-state index contributed by atoms with van der Waals surface area (Å²) in [5.74, 6) is -1.03. The van der Waals surface area contributed by atoms with Crippen molar-refractivity contribution in [3.05, 3.63) is 24.2 Å². The lowest BCUT2D eigenvalue weighted by molar-refractivity contribution is 0.329. The van der Waals surface area contributed by atoms with Crippen molar-refractivity contribution in [3.63, 3.8) is 0 Å². The van der Waals surface area contributed by atoms with Gasteiger partial charge < -0.3 is 5.11 Å². The summed E-state index contributed by atoms with van der Waals surface area (Å²) < 4.78 is 12.3. The fourth-order valence-electron chi connectivity index (χ4n) is 0.380. The zero-order valence-corrected chi connectivity index (χ0v) is 5.69. The molecule has 9 heavy (non-hydrogen) atoms. The number of hydrogen-bond donors (Lipinski definition) is 1. The minimum absolute atomic E-state index is 0.164. The summed E-state index contributed by atoms with van der Waals surface area (Å²) in [6.45, 7) is 6.58. The second-order valence-corrected chi connectivity index (χ2v) is 2.09. The van der Waals surface area contributed by atoms with Crippen LogP contribution in [0.5, 0.6) is 0 Å². The van der Waals surface area contributed by atoms with Gasteiger partial charge in [0.25, 0.3) is 0 Å². The van der Waals surface area contributed by atoms with Crippen molar-refractivity contribution in [2.45, 2.75) is 13.8 Å². The van der Waals surface area contributed by atoms with Gasteiger partial charge in [0.2, 0.25) is 0 Å². The Hall–Kier alpha value is -0.790. The van der Waals surface area contributed by atoms with E-state index in [2.05, 4.69) is 6.58 Å². The van der Waals surface area contributed by atoms with Crippen LogP contribution in [0.1, 0.15) is 13.8 Å². The molecular weight excluding hydrogens is 119 g/mol. The summed E-state index contributed by atoms with van der Waals surface area (Å²) in [7, 11) is 0. The molecule has 0 aliphatic rings. The third-order valence-electron chi connectivity index (χ3n) is 0.971. The number of allylic oxidation sites excluding steroid dienone is 3. The Bertz CT molecular complexity index is 136. The number of aliphatic hydroxyl groups is 1. The molecule has 0 aromatic carbocycles. The minimum Gasteiger partial charge on any atom is -0.509 e.